The van der Waals surface area contributed by atoms with E-state index in [1.807, 2.05) is 40.8 Å². The molecule has 25 heavy (non-hydrogen) atoms. The van der Waals surface area contributed by atoms with Crippen LogP contribution in [0.15, 0.2) is 24.5 Å². The van der Waals surface area contributed by atoms with Gasteiger partial charge in [0.05, 0.1) is 11.4 Å². The fraction of sp³-hybridized carbons (Fsp3) is 0.526. The monoisotopic (exact) mass is 340 g/mol. The van der Waals surface area contributed by atoms with Gasteiger partial charge in [-0.15, -0.1) is 0 Å². The summed E-state index contributed by atoms with van der Waals surface area (Å²) in [6, 6.07) is 3.39. The minimum absolute atomic E-state index is 0.0856. The summed E-state index contributed by atoms with van der Waals surface area (Å²) >= 11 is 0. The zero-order valence-corrected chi connectivity index (χ0v) is 14.7. The minimum Gasteiger partial charge on any atom is -0.330 e. The highest BCUT2D eigenvalue weighted by Crippen LogP contribution is 2.40. The molecule has 6 nitrogen and oxygen atoms in total. The number of amides is 2. The molecular weight excluding hydrogens is 316 g/mol. The molecule has 2 aromatic heterocycles. The van der Waals surface area contributed by atoms with Crippen molar-refractivity contribution in [3.63, 3.8) is 0 Å². The van der Waals surface area contributed by atoms with E-state index in [4.69, 9.17) is 0 Å². The minimum atomic E-state index is -0.353. The summed E-state index contributed by atoms with van der Waals surface area (Å²) in [5, 5.41) is 2.99. The van der Waals surface area contributed by atoms with Gasteiger partial charge in [-0.1, -0.05) is 6.92 Å². The van der Waals surface area contributed by atoms with Crippen LogP contribution in [0.3, 0.4) is 0 Å². The van der Waals surface area contributed by atoms with E-state index in [1.54, 1.807) is 0 Å². The summed E-state index contributed by atoms with van der Waals surface area (Å²) in [4.78, 5) is 31.7. The number of nitrogens with zero attached hydrogens (tertiary/aromatic N) is 3. The van der Waals surface area contributed by atoms with Crippen LogP contribution < -0.4 is 5.32 Å². The van der Waals surface area contributed by atoms with E-state index in [0.29, 0.717) is 12.5 Å². The second-order valence-electron chi connectivity index (χ2n) is 7.42. The lowest BCUT2D eigenvalue weighted by atomic mass is 10.0. The first-order valence-electron chi connectivity index (χ1n) is 9.09. The molecule has 0 unspecified atom stereocenters. The van der Waals surface area contributed by atoms with Crippen molar-refractivity contribution in [2.75, 3.05) is 11.9 Å². The summed E-state index contributed by atoms with van der Waals surface area (Å²) in [5.74, 6) is 0.661. The Kier molecular flexibility index (Phi) is 3.98. The van der Waals surface area contributed by atoms with Crippen molar-refractivity contribution in [3.05, 3.63) is 30.2 Å². The smallest absolute Gasteiger partial charge is 0.247 e. The molecule has 1 N–H and O–H groups in total. The number of hydrogen-bond acceptors (Lipinski definition) is 3. The Hall–Kier alpha value is -2.37. The van der Waals surface area contributed by atoms with Crippen LogP contribution in [0.1, 0.15) is 38.3 Å². The molecule has 2 aliphatic rings. The second-order valence-corrected chi connectivity index (χ2v) is 7.42. The Morgan fingerprint density at radius 2 is 2.04 bits per heavy atom. The van der Waals surface area contributed by atoms with E-state index in [2.05, 4.69) is 17.2 Å². The Morgan fingerprint density at radius 1 is 1.24 bits per heavy atom. The van der Waals surface area contributed by atoms with E-state index in [-0.39, 0.29) is 23.8 Å². The van der Waals surface area contributed by atoms with Gasteiger partial charge in [0.15, 0.2) is 0 Å². The number of fused-ring (bicyclic) bond motifs is 1. The van der Waals surface area contributed by atoms with Gasteiger partial charge >= 0.3 is 0 Å². The molecule has 2 amide bonds. The van der Waals surface area contributed by atoms with Gasteiger partial charge in [-0.05, 0) is 50.7 Å². The van der Waals surface area contributed by atoms with E-state index in [9.17, 15) is 9.59 Å². The zero-order valence-electron chi connectivity index (χ0n) is 14.7. The number of hydrogen-bond donors (Lipinski definition) is 1. The van der Waals surface area contributed by atoms with Crippen molar-refractivity contribution in [2.24, 2.45) is 11.8 Å². The quantitative estimate of drug-likeness (QED) is 0.934. The van der Waals surface area contributed by atoms with Crippen LogP contribution in [0.25, 0.3) is 5.65 Å². The number of likely N-dealkylation sites (tertiary alicyclic amines) is 1. The molecule has 4 rings (SSSR count). The number of nitrogens with one attached hydrogen (secondary N) is 1. The lowest BCUT2D eigenvalue weighted by Gasteiger charge is -2.35. The standard InChI is InChI=1S/C19H24N4O2/c1-12-9-15(12)19(25)23-8-4-3-5-16(23)18(24)21-14-6-7-17-20-13(2)10-22(17)11-14/h6-7,10-12,15-16H,3-5,8-9H2,1-2H3,(H,21,24)/t12-,15+,16-/m0/s1. The third-order valence-corrected chi connectivity index (χ3v) is 5.35. The molecule has 1 saturated heterocycles. The van der Waals surface area contributed by atoms with Gasteiger partial charge in [0, 0.05) is 24.9 Å². The van der Waals surface area contributed by atoms with Gasteiger partial charge in [-0.25, -0.2) is 4.98 Å². The number of rotatable bonds is 3. The first-order chi connectivity index (χ1) is 12.0. The van der Waals surface area contributed by atoms with Crippen molar-refractivity contribution < 1.29 is 9.59 Å². The maximum Gasteiger partial charge on any atom is 0.247 e. The average molecular weight is 340 g/mol. The van der Waals surface area contributed by atoms with E-state index >= 15 is 0 Å². The van der Waals surface area contributed by atoms with Crippen LogP contribution in [0.5, 0.6) is 0 Å². The normalized spacial score (nSPS) is 25.8. The van der Waals surface area contributed by atoms with Crippen molar-refractivity contribution in [2.45, 2.75) is 45.6 Å². The maximum atomic E-state index is 12.8. The van der Waals surface area contributed by atoms with Crippen LogP contribution in [-0.4, -0.2) is 38.7 Å². The second kappa shape index (κ2) is 6.17. The molecule has 3 heterocycles. The Bertz CT molecular complexity index is 828. The number of carbonyl (C=O) groups is 2. The molecule has 0 radical (unpaired) electrons. The Balaban J connectivity index is 1.50. The highest BCUT2D eigenvalue weighted by atomic mass is 16.2. The topological polar surface area (TPSA) is 66.7 Å². The molecule has 1 aliphatic carbocycles. The van der Waals surface area contributed by atoms with Gasteiger partial charge in [-0.2, -0.15) is 0 Å². The van der Waals surface area contributed by atoms with E-state index in [1.165, 1.54) is 0 Å². The molecule has 2 fully saturated rings. The highest BCUT2D eigenvalue weighted by Gasteiger charge is 2.44. The lowest BCUT2D eigenvalue weighted by molar-refractivity contribution is -0.141. The number of aromatic nitrogens is 2. The van der Waals surface area contributed by atoms with Gasteiger partial charge in [0.2, 0.25) is 11.8 Å². The van der Waals surface area contributed by atoms with E-state index < -0.39 is 0 Å². The Morgan fingerprint density at radius 3 is 2.80 bits per heavy atom. The first kappa shape index (κ1) is 16.1. The molecule has 1 aliphatic heterocycles. The fourth-order valence-electron chi connectivity index (χ4n) is 3.77. The summed E-state index contributed by atoms with van der Waals surface area (Å²) in [6.07, 6.45) is 7.46. The van der Waals surface area contributed by atoms with Crippen LogP contribution in [-0.2, 0) is 9.59 Å². The van der Waals surface area contributed by atoms with Gasteiger partial charge in [0.25, 0.3) is 0 Å². The predicted octanol–water partition coefficient (Wildman–Crippen LogP) is 2.62. The van der Waals surface area contributed by atoms with Gasteiger partial charge < -0.3 is 14.6 Å². The number of anilines is 1. The third-order valence-electron chi connectivity index (χ3n) is 5.35. The van der Waals surface area contributed by atoms with Crippen LogP contribution in [0, 0.1) is 18.8 Å². The van der Waals surface area contributed by atoms with Crippen molar-refractivity contribution in [3.8, 4) is 0 Å². The highest BCUT2D eigenvalue weighted by molar-refractivity contribution is 5.97. The summed E-state index contributed by atoms with van der Waals surface area (Å²) in [7, 11) is 0. The summed E-state index contributed by atoms with van der Waals surface area (Å²) in [6.45, 7) is 4.74. The maximum absolute atomic E-state index is 12.8. The Labute approximate surface area is 147 Å². The average Bonchev–Trinajstić information content (AvgIpc) is 3.21. The largest absolute Gasteiger partial charge is 0.330 e. The van der Waals surface area contributed by atoms with E-state index in [0.717, 1.165) is 42.7 Å². The number of imidazole rings is 1. The van der Waals surface area contributed by atoms with Gasteiger partial charge in [-0.3, -0.25) is 9.59 Å². The molecule has 0 bridgehead atoms. The van der Waals surface area contributed by atoms with Crippen LogP contribution >= 0.6 is 0 Å². The van der Waals surface area contributed by atoms with Crippen molar-refractivity contribution in [1.82, 2.24) is 14.3 Å². The number of pyridine rings is 1. The molecule has 2 aromatic rings. The summed E-state index contributed by atoms with van der Waals surface area (Å²) in [5.41, 5.74) is 2.52. The molecule has 0 spiro atoms. The molecule has 132 valence electrons. The number of aryl methyl sites for hydroxylation is 1. The molecule has 0 aromatic carbocycles. The van der Waals surface area contributed by atoms with Crippen molar-refractivity contribution in [1.29, 1.82) is 0 Å². The summed E-state index contributed by atoms with van der Waals surface area (Å²) < 4.78 is 1.90. The molecule has 1 saturated carbocycles. The number of carbonyl (C=O) groups excluding carboxylic acids is 2. The lowest BCUT2D eigenvalue weighted by Crippen LogP contribution is -2.50. The number of piperidine rings is 1. The van der Waals surface area contributed by atoms with Gasteiger partial charge in [0.1, 0.15) is 11.7 Å². The first-order valence-corrected chi connectivity index (χ1v) is 9.09. The molecule has 6 heteroatoms. The van der Waals surface area contributed by atoms with Crippen LogP contribution in [0.2, 0.25) is 0 Å². The molecule has 3 atom stereocenters. The van der Waals surface area contributed by atoms with Crippen LogP contribution in [0.4, 0.5) is 5.69 Å². The third kappa shape index (κ3) is 3.13. The molecular formula is C19H24N4O2. The fourth-order valence-corrected chi connectivity index (χ4v) is 3.77. The SMILES string of the molecule is Cc1cn2cc(NC(=O)[C@@H]3CCCCN3C(=O)[C@@H]3C[C@@H]3C)ccc2n1. The predicted molar refractivity (Wildman–Crippen MR) is 95.2 cm³/mol. The van der Waals surface area contributed by atoms with Crippen molar-refractivity contribution >= 4 is 23.1 Å². The zero-order chi connectivity index (χ0) is 17.6.